The van der Waals surface area contributed by atoms with E-state index in [0.717, 1.165) is 42.1 Å². The molecule has 1 unspecified atom stereocenters. The molecule has 1 aromatic heterocycles. The van der Waals surface area contributed by atoms with Crippen LogP contribution < -0.4 is 9.47 Å². The highest BCUT2D eigenvalue weighted by Crippen LogP contribution is 2.28. The van der Waals surface area contributed by atoms with E-state index < -0.39 is 0 Å². The Bertz CT molecular complexity index is 994. The van der Waals surface area contributed by atoms with Crippen molar-refractivity contribution in [2.45, 2.75) is 18.8 Å². The van der Waals surface area contributed by atoms with E-state index in [1.165, 1.54) is 0 Å². The third kappa shape index (κ3) is 4.76. The minimum atomic E-state index is 0.000428. The maximum atomic E-state index is 12.7. The Morgan fingerprint density at radius 2 is 1.93 bits per heavy atom. The summed E-state index contributed by atoms with van der Waals surface area (Å²) in [6, 6.07) is 17.2. The highest BCUT2D eigenvalue weighted by atomic mass is 16.5. The molecule has 0 saturated carbocycles. The largest absolute Gasteiger partial charge is 0.497 e. The Morgan fingerprint density at radius 1 is 1.10 bits per heavy atom. The summed E-state index contributed by atoms with van der Waals surface area (Å²) in [7, 11) is 1.65. The zero-order valence-electron chi connectivity index (χ0n) is 17.0. The van der Waals surface area contributed by atoms with Crippen molar-refractivity contribution in [2.75, 3.05) is 26.8 Å². The third-order valence-electron chi connectivity index (χ3n) is 5.32. The van der Waals surface area contributed by atoms with Crippen molar-refractivity contribution in [2.24, 2.45) is 0 Å². The zero-order valence-corrected chi connectivity index (χ0v) is 17.0. The van der Waals surface area contributed by atoms with Gasteiger partial charge in [0.05, 0.1) is 24.7 Å². The molecule has 0 N–H and O–H groups in total. The van der Waals surface area contributed by atoms with E-state index in [9.17, 15) is 4.79 Å². The highest BCUT2D eigenvalue weighted by molar-refractivity contribution is 5.78. The number of carbonyl (C=O) groups is 1. The first kappa shape index (κ1) is 19.9. The summed E-state index contributed by atoms with van der Waals surface area (Å²) >= 11 is 0. The molecule has 4 rings (SSSR count). The van der Waals surface area contributed by atoms with Crippen LogP contribution in [0.25, 0.3) is 11.3 Å². The summed E-state index contributed by atoms with van der Waals surface area (Å²) in [5.41, 5.74) is 2.68. The van der Waals surface area contributed by atoms with E-state index in [4.69, 9.17) is 14.5 Å². The van der Waals surface area contributed by atoms with Gasteiger partial charge in [-0.15, -0.1) is 0 Å². The number of rotatable bonds is 6. The van der Waals surface area contributed by atoms with Gasteiger partial charge in [0.15, 0.2) is 6.61 Å². The Hall–Kier alpha value is -3.41. The second-order valence-corrected chi connectivity index (χ2v) is 7.34. The number of carbonyl (C=O) groups excluding carboxylic acids is 1. The van der Waals surface area contributed by atoms with Crippen molar-refractivity contribution in [3.8, 4) is 22.8 Å². The molecule has 6 nitrogen and oxygen atoms in total. The van der Waals surface area contributed by atoms with Crippen molar-refractivity contribution < 1.29 is 14.3 Å². The van der Waals surface area contributed by atoms with Crippen LogP contribution in [0.1, 0.15) is 24.5 Å². The molecule has 1 amide bonds. The molecule has 1 aliphatic rings. The minimum Gasteiger partial charge on any atom is -0.497 e. The molecule has 1 fully saturated rings. The first-order chi connectivity index (χ1) is 14.7. The van der Waals surface area contributed by atoms with Crippen molar-refractivity contribution in [1.82, 2.24) is 14.9 Å². The molecular weight excluding hydrogens is 378 g/mol. The van der Waals surface area contributed by atoms with Gasteiger partial charge in [-0.25, -0.2) is 4.98 Å². The lowest BCUT2D eigenvalue weighted by Crippen LogP contribution is -2.41. The van der Waals surface area contributed by atoms with Gasteiger partial charge in [0.2, 0.25) is 0 Å². The van der Waals surface area contributed by atoms with Gasteiger partial charge < -0.3 is 14.4 Å². The third-order valence-corrected chi connectivity index (χ3v) is 5.32. The summed E-state index contributed by atoms with van der Waals surface area (Å²) < 4.78 is 10.9. The lowest BCUT2D eigenvalue weighted by molar-refractivity contribution is -0.134. The monoisotopic (exact) mass is 403 g/mol. The summed E-state index contributed by atoms with van der Waals surface area (Å²) in [6.07, 6.45) is 5.49. The van der Waals surface area contributed by atoms with Crippen molar-refractivity contribution in [3.05, 3.63) is 72.7 Å². The fourth-order valence-electron chi connectivity index (χ4n) is 3.70. The Morgan fingerprint density at radius 3 is 2.77 bits per heavy atom. The number of benzene rings is 2. The Balaban J connectivity index is 1.43. The van der Waals surface area contributed by atoms with Gasteiger partial charge in [0, 0.05) is 30.8 Å². The lowest BCUT2D eigenvalue weighted by Gasteiger charge is -2.32. The molecule has 2 aromatic carbocycles. The number of methoxy groups -OCH3 is 1. The molecule has 0 bridgehead atoms. The average Bonchev–Trinajstić information content (AvgIpc) is 2.83. The molecule has 30 heavy (non-hydrogen) atoms. The van der Waals surface area contributed by atoms with Gasteiger partial charge in [-0.2, -0.15) is 0 Å². The number of amides is 1. The van der Waals surface area contributed by atoms with Crippen LogP contribution in [-0.2, 0) is 4.79 Å². The fourth-order valence-corrected chi connectivity index (χ4v) is 3.70. The number of likely N-dealkylation sites (tertiary alicyclic amines) is 1. The van der Waals surface area contributed by atoms with E-state index in [2.05, 4.69) is 4.98 Å². The zero-order chi connectivity index (χ0) is 20.8. The number of hydrogen-bond acceptors (Lipinski definition) is 5. The topological polar surface area (TPSA) is 64.5 Å². The molecule has 1 aliphatic heterocycles. The Labute approximate surface area is 176 Å². The average molecular weight is 403 g/mol. The molecule has 1 atom stereocenters. The van der Waals surface area contributed by atoms with E-state index in [-0.39, 0.29) is 18.4 Å². The molecule has 3 aromatic rings. The van der Waals surface area contributed by atoms with Crippen LogP contribution in [0.15, 0.2) is 67.0 Å². The molecule has 0 radical (unpaired) electrons. The molecule has 6 heteroatoms. The highest BCUT2D eigenvalue weighted by Gasteiger charge is 2.26. The summed E-state index contributed by atoms with van der Waals surface area (Å²) in [5, 5.41) is 0. The van der Waals surface area contributed by atoms with Crippen LogP contribution >= 0.6 is 0 Å². The van der Waals surface area contributed by atoms with Gasteiger partial charge in [-0.05, 0) is 37.1 Å². The molecule has 2 heterocycles. The second-order valence-electron chi connectivity index (χ2n) is 7.34. The standard InChI is InChI=1S/C24H25N3O3/c1-29-21-11-5-7-18(13-21)22-14-25-15-23(26-22)19-8-6-12-27(16-19)24(28)17-30-20-9-3-2-4-10-20/h2-5,7,9-11,13-15,19H,6,8,12,16-17H2,1H3. The Kier molecular flexibility index (Phi) is 6.23. The van der Waals surface area contributed by atoms with Crippen LogP contribution in [0.5, 0.6) is 11.5 Å². The van der Waals surface area contributed by atoms with Gasteiger partial charge >= 0.3 is 0 Å². The van der Waals surface area contributed by atoms with Crippen LogP contribution in [0.4, 0.5) is 0 Å². The molecule has 154 valence electrons. The number of aromatic nitrogens is 2. The van der Waals surface area contributed by atoms with E-state index >= 15 is 0 Å². The molecule has 0 aliphatic carbocycles. The number of hydrogen-bond donors (Lipinski definition) is 0. The maximum absolute atomic E-state index is 12.7. The van der Waals surface area contributed by atoms with Gasteiger partial charge in [0.1, 0.15) is 11.5 Å². The van der Waals surface area contributed by atoms with E-state index in [1.807, 2.05) is 65.7 Å². The first-order valence-corrected chi connectivity index (χ1v) is 10.1. The molecule has 0 spiro atoms. The van der Waals surface area contributed by atoms with E-state index in [1.54, 1.807) is 13.3 Å². The van der Waals surface area contributed by atoms with Crippen LogP contribution in [0, 0.1) is 0 Å². The molecule has 1 saturated heterocycles. The summed E-state index contributed by atoms with van der Waals surface area (Å²) in [4.78, 5) is 23.8. The van der Waals surface area contributed by atoms with Gasteiger partial charge in [0.25, 0.3) is 5.91 Å². The van der Waals surface area contributed by atoms with Gasteiger partial charge in [-0.1, -0.05) is 30.3 Å². The normalized spacial score (nSPS) is 16.2. The second kappa shape index (κ2) is 9.39. The van der Waals surface area contributed by atoms with Crippen molar-refractivity contribution in [1.29, 1.82) is 0 Å². The quantitative estimate of drug-likeness (QED) is 0.624. The van der Waals surface area contributed by atoms with E-state index in [0.29, 0.717) is 12.3 Å². The smallest absolute Gasteiger partial charge is 0.260 e. The summed E-state index contributed by atoms with van der Waals surface area (Å²) in [6.45, 7) is 1.43. The SMILES string of the molecule is COc1cccc(-c2cncc(C3CCCN(C(=O)COc4ccccc4)C3)n2)c1. The first-order valence-electron chi connectivity index (χ1n) is 10.1. The van der Waals surface area contributed by atoms with Crippen LogP contribution in [0.2, 0.25) is 0 Å². The molecular formula is C24H25N3O3. The number of ether oxygens (including phenoxy) is 2. The predicted molar refractivity (Wildman–Crippen MR) is 115 cm³/mol. The lowest BCUT2D eigenvalue weighted by atomic mass is 9.94. The number of piperidine rings is 1. The maximum Gasteiger partial charge on any atom is 0.260 e. The number of nitrogens with zero attached hydrogens (tertiary/aromatic N) is 3. The summed E-state index contributed by atoms with van der Waals surface area (Å²) in [5.74, 6) is 1.65. The predicted octanol–water partition coefficient (Wildman–Crippen LogP) is 3.94. The minimum absolute atomic E-state index is 0.000428. The van der Waals surface area contributed by atoms with Crippen molar-refractivity contribution in [3.63, 3.8) is 0 Å². The fraction of sp³-hybridized carbons (Fsp3) is 0.292. The van der Waals surface area contributed by atoms with Gasteiger partial charge in [-0.3, -0.25) is 9.78 Å². The van der Waals surface area contributed by atoms with Crippen LogP contribution in [-0.4, -0.2) is 47.6 Å². The van der Waals surface area contributed by atoms with Crippen molar-refractivity contribution >= 4 is 5.91 Å². The number of para-hydroxylation sites is 1. The van der Waals surface area contributed by atoms with Crippen LogP contribution in [0.3, 0.4) is 0 Å².